The van der Waals surface area contributed by atoms with Crippen molar-refractivity contribution in [3.8, 4) is 0 Å². The first-order valence-electron chi connectivity index (χ1n) is 6.71. The standard InChI is InChI=1S/C13H14F6O4/c14-12(15,16)9(13(17,18)19)8(11(22)23)7(10(20)21)6-4-2-1-3-5-6/h6,9H,1-5H2,(H,20,21)(H,22,23)/b8-7+. The number of hydrogen-bond acceptors (Lipinski definition) is 2. The van der Waals surface area contributed by atoms with Crippen molar-refractivity contribution < 1.29 is 46.1 Å². The molecule has 132 valence electrons. The van der Waals surface area contributed by atoms with Gasteiger partial charge < -0.3 is 10.2 Å². The minimum atomic E-state index is -5.96. The quantitative estimate of drug-likeness (QED) is 0.599. The lowest BCUT2D eigenvalue weighted by molar-refractivity contribution is -0.272. The lowest BCUT2D eigenvalue weighted by atomic mass is 9.79. The second-order valence-electron chi connectivity index (χ2n) is 5.29. The molecule has 0 saturated heterocycles. The molecule has 1 aliphatic carbocycles. The molecule has 1 fully saturated rings. The minimum Gasteiger partial charge on any atom is -0.478 e. The summed E-state index contributed by atoms with van der Waals surface area (Å²) in [5.74, 6) is -10.1. The van der Waals surface area contributed by atoms with Crippen LogP contribution >= 0.6 is 0 Å². The van der Waals surface area contributed by atoms with Crippen LogP contribution in [-0.2, 0) is 9.59 Å². The van der Waals surface area contributed by atoms with Gasteiger partial charge in [-0.05, 0) is 18.8 Å². The third-order valence-electron chi connectivity index (χ3n) is 3.71. The zero-order valence-electron chi connectivity index (χ0n) is 11.7. The van der Waals surface area contributed by atoms with Crippen LogP contribution in [0.25, 0.3) is 0 Å². The molecule has 0 radical (unpaired) electrons. The maximum atomic E-state index is 12.8. The largest absolute Gasteiger partial charge is 0.478 e. The summed E-state index contributed by atoms with van der Waals surface area (Å²) >= 11 is 0. The number of carboxylic acid groups (broad SMARTS) is 2. The predicted octanol–water partition coefficient (Wildman–Crippen LogP) is 3.77. The van der Waals surface area contributed by atoms with E-state index in [4.69, 9.17) is 10.2 Å². The van der Waals surface area contributed by atoms with Crippen LogP contribution in [0.2, 0.25) is 0 Å². The maximum Gasteiger partial charge on any atom is 0.404 e. The molecule has 0 bridgehead atoms. The first-order valence-corrected chi connectivity index (χ1v) is 6.71. The van der Waals surface area contributed by atoms with E-state index in [2.05, 4.69) is 0 Å². The molecule has 0 heterocycles. The third-order valence-corrected chi connectivity index (χ3v) is 3.71. The molecule has 1 rings (SSSR count). The van der Waals surface area contributed by atoms with Crippen molar-refractivity contribution in [2.24, 2.45) is 11.8 Å². The molecule has 0 aliphatic heterocycles. The Morgan fingerprint density at radius 3 is 1.57 bits per heavy atom. The van der Waals surface area contributed by atoms with E-state index in [0.29, 0.717) is 19.3 Å². The summed E-state index contributed by atoms with van der Waals surface area (Å²) in [5.41, 5.74) is -3.43. The fraction of sp³-hybridized carbons (Fsp3) is 0.692. The summed E-state index contributed by atoms with van der Waals surface area (Å²) in [6.45, 7) is 0. The normalized spacial score (nSPS) is 18.7. The van der Waals surface area contributed by atoms with Gasteiger partial charge in [0.2, 0.25) is 0 Å². The van der Waals surface area contributed by atoms with E-state index >= 15 is 0 Å². The van der Waals surface area contributed by atoms with Crippen LogP contribution in [0.1, 0.15) is 32.1 Å². The summed E-state index contributed by atoms with van der Waals surface area (Å²) in [6, 6.07) is 0. The fourth-order valence-electron chi connectivity index (χ4n) is 2.81. The first kappa shape index (κ1) is 19.3. The second-order valence-corrected chi connectivity index (χ2v) is 5.29. The van der Waals surface area contributed by atoms with Gasteiger partial charge in [0.05, 0.1) is 11.1 Å². The van der Waals surface area contributed by atoms with Gasteiger partial charge in [-0.3, -0.25) is 0 Å². The van der Waals surface area contributed by atoms with Crippen LogP contribution < -0.4 is 0 Å². The molecular weight excluding hydrogens is 334 g/mol. The Bertz CT molecular complexity index is 486. The lowest BCUT2D eigenvalue weighted by Gasteiger charge is -2.28. The Balaban J connectivity index is 3.59. The zero-order chi connectivity index (χ0) is 18.0. The van der Waals surface area contributed by atoms with E-state index in [1.54, 1.807) is 0 Å². The van der Waals surface area contributed by atoms with Crippen molar-refractivity contribution >= 4 is 11.9 Å². The van der Waals surface area contributed by atoms with Crippen LogP contribution in [0.5, 0.6) is 0 Å². The highest BCUT2D eigenvalue weighted by molar-refractivity contribution is 5.99. The van der Waals surface area contributed by atoms with E-state index in [1.807, 2.05) is 0 Å². The molecule has 0 spiro atoms. The summed E-state index contributed by atoms with van der Waals surface area (Å²) in [6.07, 6.45) is -10.3. The summed E-state index contributed by atoms with van der Waals surface area (Å²) in [5, 5.41) is 18.0. The highest BCUT2D eigenvalue weighted by atomic mass is 19.4. The molecule has 0 aromatic heterocycles. The monoisotopic (exact) mass is 348 g/mol. The fourth-order valence-corrected chi connectivity index (χ4v) is 2.81. The first-order chi connectivity index (χ1) is 10.4. The van der Waals surface area contributed by atoms with Gasteiger partial charge in [-0.1, -0.05) is 19.3 Å². The summed E-state index contributed by atoms with van der Waals surface area (Å²) in [7, 11) is 0. The Labute approximate surface area is 126 Å². The van der Waals surface area contributed by atoms with Crippen LogP contribution in [0, 0.1) is 11.8 Å². The number of carboxylic acids is 2. The van der Waals surface area contributed by atoms with Crippen LogP contribution in [-0.4, -0.2) is 34.5 Å². The van der Waals surface area contributed by atoms with Crippen LogP contribution in [0.4, 0.5) is 26.3 Å². The molecule has 4 nitrogen and oxygen atoms in total. The average molecular weight is 348 g/mol. The van der Waals surface area contributed by atoms with Gasteiger partial charge >= 0.3 is 24.3 Å². The van der Waals surface area contributed by atoms with Crippen molar-refractivity contribution in [2.75, 3.05) is 0 Å². The van der Waals surface area contributed by atoms with E-state index in [0.717, 1.165) is 0 Å². The Hall–Kier alpha value is -1.74. The van der Waals surface area contributed by atoms with Crippen molar-refractivity contribution in [1.82, 2.24) is 0 Å². The highest BCUT2D eigenvalue weighted by Gasteiger charge is 2.61. The molecule has 0 aromatic carbocycles. The van der Waals surface area contributed by atoms with Crippen molar-refractivity contribution in [1.29, 1.82) is 0 Å². The van der Waals surface area contributed by atoms with Crippen molar-refractivity contribution in [3.05, 3.63) is 11.1 Å². The topological polar surface area (TPSA) is 74.6 Å². The molecule has 10 heteroatoms. The van der Waals surface area contributed by atoms with Gasteiger partial charge in [-0.2, -0.15) is 26.3 Å². The van der Waals surface area contributed by atoms with Crippen LogP contribution in [0.15, 0.2) is 11.1 Å². The zero-order valence-corrected chi connectivity index (χ0v) is 11.7. The molecule has 1 aliphatic rings. The number of hydrogen-bond donors (Lipinski definition) is 2. The lowest BCUT2D eigenvalue weighted by Crippen LogP contribution is -2.42. The number of alkyl halides is 6. The number of halogens is 6. The van der Waals surface area contributed by atoms with Gasteiger partial charge in [-0.15, -0.1) is 0 Å². The summed E-state index contributed by atoms with van der Waals surface area (Å²) < 4.78 is 76.8. The molecular formula is C13H14F6O4. The van der Waals surface area contributed by atoms with Gasteiger partial charge in [-0.25, -0.2) is 9.59 Å². The molecule has 2 N–H and O–H groups in total. The number of rotatable bonds is 4. The molecule has 0 amide bonds. The minimum absolute atomic E-state index is 0.0425. The molecule has 0 atom stereocenters. The Morgan fingerprint density at radius 2 is 1.26 bits per heavy atom. The smallest absolute Gasteiger partial charge is 0.404 e. The van der Waals surface area contributed by atoms with Crippen molar-refractivity contribution in [2.45, 2.75) is 44.5 Å². The Kier molecular flexibility index (Phi) is 5.70. The predicted molar refractivity (Wildman–Crippen MR) is 64.5 cm³/mol. The van der Waals surface area contributed by atoms with Gasteiger partial charge in [0, 0.05) is 0 Å². The molecule has 0 unspecified atom stereocenters. The van der Waals surface area contributed by atoms with E-state index in [-0.39, 0.29) is 12.8 Å². The van der Waals surface area contributed by atoms with Gasteiger partial charge in [0.25, 0.3) is 0 Å². The van der Waals surface area contributed by atoms with Gasteiger partial charge in [0.15, 0.2) is 5.92 Å². The molecule has 23 heavy (non-hydrogen) atoms. The SMILES string of the molecule is O=C(O)/C(=C(/C(=O)O)C(C(F)(F)F)C(F)(F)F)C1CCCCC1. The third kappa shape index (κ3) is 4.61. The van der Waals surface area contributed by atoms with Crippen LogP contribution in [0.3, 0.4) is 0 Å². The number of aliphatic carboxylic acids is 2. The Morgan fingerprint density at radius 1 is 0.826 bits per heavy atom. The van der Waals surface area contributed by atoms with E-state index in [9.17, 15) is 35.9 Å². The number of carbonyl (C=O) groups is 2. The van der Waals surface area contributed by atoms with Gasteiger partial charge in [0.1, 0.15) is 0 Å². The molecule has 0 aromatic rings. The molecule has 1 saturated carbocycles. The van der Waals surface area contributed by atoms with Crippen molar-refractivity contribution in [3.63, 3.8) is 0 Å². The summed E-state index contributed by atoms with van der Waals surface area (Å²) in [4.78, 5) is 22.3. The average Bonchev–Trinajstić information content (AvgIpc) is 2.35. The van der Waals surface area contributed by atoms with E-state index < -0.39 is 47.3 Å². The highest BCUT2D eigenvalue weighted by Crippen LogP contribution is 2.46. The maximum absolute atomic E-state index is 12.8. The second kappa shape index (κ2) is 6.79. The van der Waals surface area contributed by atoms with E-state index in [1.165, 1.54) is 0 Å².